The van der Waals surface area contributed by atoms with E-state index >= 15 is 0 Å². The summed E-state index contributed by atoms with van der Waals surface area (Å²) in [4.78, 5) is 11.6. The molecule has 100 valence electrons. The quantitative estimate of drug-likeness (QED) is 0.323. The number of aromatic nitrogens is 2. The molecule has 1 rings (SSSR count). The van der Waals surface area contributed by atoms with Crippen molar-refractivity contribution in [3.8, 4) is 0 Å². The van der Waals surface area contributed by atoms with Crippen LogP contribution in [0.15, 0.2) is 30.9 Å². The van der Waals surface area contributed by atoms with Gasteiger partial charge in [0, 0.05) is 12.0 Å². The number of carbonyl (C=O) groups is 1. The lowest BCUT2D eigenvalue weighted by Gasteiger charge is -2.14. The molecule has 0 amide bonds. The summed E-state index contributed by atoms with van der Waals surface area (Å²) in [7, 11) is 1.94. The topological polar surface area (TPSA) is 35.1 Å². The van der Waals surface area contributed by atoms with E-state index in [2.05, 4.69) is 13.5 Å². The van der Waals surface area contributed by atoms with Crippen LogP contribution in [0.5, 0.6) is 0 Å². The van der Waals surface area contributed by atoms with Crippen molar-refractivity contribution < 1.29 is 14.1 Å². The number of carbonyl (C=O) groups excluding carboxylic acids is 1. The number of esters is 1. The number of aryl methyl sites for hydroxylation is 1. The van der Waals surface area contributed by atoms with Gasteiger partial charge in [0.2, 0.25) is 12.6 Å². The number of rotatable bonds is 7. The van der Waals surface area contributed by atoms with Crippen LogP contribution in [0.2, 0.25) is 0 Å². The zero-order valence-electron chi connectivity index (χ0n) is 11.6. The molecule has 0 bridgehead atoms. The Bertz CT molecular complexity index is 410. The minimum Gasteiger partial charge on any atom is -0.419 e. The van der Waals surface area contributed by atoms with Gasteiger partial charge >= 0.3 is 5.97 Å². The first-order valence-corrected chi connectivity index (χ1v) is 6.43. The summed E-state index contributed by atoms with van der Waals surface area (Å²) in [6.07, 6.45) is 9.72. The van der Waals surface area contributed by atoms with Gasteiger partial charge in [-0.3, -0.25) is 0 Å². The summed E-state index contributed by atoms with van der Waals surface area (Å²) in [5.41, 5.74) is 0.437. The fraction of sp³-hybridized carbons (Fsp3) is 0.571. The molecule has 0 N–H and O–H groups in total. The van der Waals surface area contributed by atoms with E-state index in [1.807, 2.05) is 34.9 Å². The molecule has 1 heterocycles. The van der Waals surface area contributed by atoms with Gasteiger partial charge < -0.3 is 4.74 Å². The Labute approximate surface area is 109 Å². The molecule has 1 aromatic heterocycles. The van der Waals surface area contributed by atoms with Crippen LogP contribution < -0.4 is 4.57 Å². The van der Waals surface area contributed by atoms with Gasteiger partial charge in [-0.05, 0) is 13.3 Å². The number of hydrogen-bond donors (Lipinski definition) is 0. The Kier molecular flexibility index (Phi) is 5.62. The molecule has 0 saturated carbocycles. The SMILES string of the molecule is C=C(C)C(=O)OC(CCCCC)n1cc[n+](C)c1. The maximum absolute atomic E-state index is 11.6. The van der Waals surface area contributed by atoms with E-state index in [0.29, 0.717) is 5.57 Å². The first-order valence-electron chi connectivity index (χ1n) is 6.43. The lowest BCUT2D eigenvalue weighted by Crippen LogP contribution is -2.25. The standard InChI is InChI=1S/C14H23N2O2/c1-5-6-7-8-13(18-14(17)12(2)3)16-10-9-15(4)11-16/h9-11,13H,2,5-8H2,1,3-4H3/q+1. The predicted molar refractivity (Wildman–Crippen MR) is 69.7 cm³/mol. The van der Waals surface area contributed by atoms with Gasteiger partial charge in [0.15, 0.2) is 0 Å². The summed E-state index contributed by atoms with van der Waals surface area (Å²) in [6.45, 7) is 7.44. The van der Waals surface area contributed by atoms with Crippen LogP contribution in [-0.4, -0.2) is 10.5 Å². The van der Waals surface area contributed by atoms with Crippen LogP contribution in [0.3, 0.4) is 0 Å². The number of nitrogens with zero attached hydrogens (tertiary/aromatic N) is 2. The minimum absolute atomic E-state index is 0.234. The lowest BCUT2D eigenvalue weighted by atomic mass is 10.2. The van der Waals surface area contributed by atoms with Gasteiger partial charge in [-0.15, -0.1) is 0 Å². The molecule has 1 unspecified atom stereocenters. The molecule has 0 aliphatic heterocycles. The largest absolute Gasteiger partial charge is 0.419 e. The second kappa shape index (κ2) is 6.99. The molecule has 0 aliphatic carbocycles. The van der Waals surface area contributed by atoms with E-state index < -0.39 is 0 Å². The van der Waals surface area contributed by atoms with Crippen LogP contribution in [0.1, 0.15) is 45.8 Å². The van der Waals surface area contributed by atoms with E-state index in [-0.39, 0.29) is 12.2 Å². The molecule has 1 aromatic rings. The summed E-state index contributed by atoms with van der Waals surface area (Å²) in [6, 6.07) is 0. The number of imidazole rings is 1. The first-order chi connectivity index (χ1) is 8.54. The Balaban J connectivity index is 2.68. The van der Waals surface area contributed by atoms with Crippen molar-refractivity contribution in [3.05, 3.63) is 30.9 Å². The van der Waals surface area contributed by atoms with Crippen molar-refractivity contribution in [2.24, 2.45) is 7.05 Å². The van der Waals surface area contributed by atoms with Gasteiger partial charge in [-0.25, -0.2) is 9.36 Å². The fourth-order valence-corrected chi connectivity index (χ4v) is 1.70. The Morgan fingerprint density at radius 1 is 1.50 bits per heavy atom. The van der Waals surface area contributed by atoms with E-state index in [1.54, 1.807) is 6.92 Å². The van der Waals surface area contributed by atoms with Crippen molar-refractivity contribution in [2.45, 2.75) is 45.8 Å². The molecule has 1 atom stereocenters. The second-order valence-corrected chi connectivity index (χ2v) is 4.66. The summed E-state index contributed by atoms with van der Waals surface area (Å²) in [5.74, 6) is -0.326. The number of hydrogen-bond acceptors (Lipinski definition) is 2. The van der Waals surface area contributed by atoms with Gasteiger partial charge in [-0.1, -0.05) is 26.3 Å². The van der Waals surface area contributed by atoms with Crippen LogP contribution in [-0.2, 0) is 16.6 Å². The van der Waals surface area contributed by atoms with E-state index in [1.165, 1.54) is 0 Å². The van der Waals surface area contributed by atoms with Crippen molar-refractivity contribution in [3.63, 3.8) is 0 Å². The molecular weight excluding hydrogens is 228 g/mol. The molecule has 18 heavy (non-hydrogen) atoms. The molecular formula is C14H23N2O2+. The summed E-state index contributed by atoms with van der Waals surface area (Å²) in [5, 5.41) is 0. The van der Waals surface area contributed by atoms with Gasteiger partial charge in [0.1, 0.15) is 12.4 Å². The van der Waals surface area contributed by atoms with Gasteiger partial charge in [0.25, 0.3) is 0 Å². The average Bonchev–Trinajstić information content (AvgIpc) is 2.74. The third-order valence-electron chi connectivity index (χ3n) is 2.77. The first kappa shape index (κ1) is 14.5. The third-order valence-corrected chi connectivity index (χ3v) is 2.77. The van der Waals surface area contributed by atoms with Crippen LogP contribution in [0, 0.1) is 0 Å². The Morgan fingerprint density at radius 2 is 2.22 bits per heavy atom. The van der Waals surface area contributed by atoms with Gasteiger partial charge in [-0.2, -0.15) is 4.57 Å². The van der Waals surface area contributed by atoms with Crippen LogP contribution in [0.4, 0.5) is 0 Å². The minimum atomic E-state index is -0.326. The van der Waals surface area contributed by atoms with Gasteiger partial charge in [0.05, 0.1) is 7.05 Å². The summed E-state index contributed by atoms with van der Waals surface area (Å²) < 4.78 is 9.33. The van der Waals surface area contributed by atoms with E-state index in [9.17, 15) is 4.79 Å². The van der Waals surface area contributed by atoms with Crippen LogP contribution >= 0.6 is 0 Å². The van der Waals surface area contributed by atoms with Crippen molar-refractivity contribution in [1.82, 2.24) is 4.57 Å². The molecule has 0 saturated heterocycles. The lowest BCUT2D eigenvalue weighted by molar-refractivity contribution is -0.671. The Morgan fingerprint density at radius 3 is 2.72 bits per heavy atom. The predicted octanol–water partition coefficient (Wildman–Crippen LogP) is 2.51. The Hall–Kier alpha value is -1.58. The fourth-order valence-electron chi connectivity index (χ4n) is 1.70. The highest BCUT2D eigenvalue weighted by atomic mass is 16.6. The molecule has 0 fully saturated rings. The van der Waals surface area contributed by atoms with Crippen molar-refractivity contribution >= 4 is 5.97 Å². The monoisotopic (exact) mass is 251 g/mol. The number of unbranched alkanes of at least 4 members (excludes halogenated alkanes) is 2. The summed E-state index contributed by atoms with van der Waals surface area (Å²) >= 11 is 0. The smallest absolute Gasteiger partial charge is 0.336 e. The molecule has 0 spiro atoms. The van der Waals surface area contributed by atoms with Crippen molar-refractivity contribution in [2.75, 3.05) is 0 Å². The highest BCUT2D eigenvalue weighted by molar-refractivity contribution is 5.86. The van der Waals surface area contributed by atoms with Crippen LogP contribution in [0.25, 0.3) is 0 Å². The maximum Gasteiger partial charge on any atom is 0.336 e. The number of ether oxygens (including phenoxy) is 1. The average molecular weight is 251 g/mol. The normalized spacial score (nSPS) is 12.2. The molecule has 0 aromatic carbocycles. The van der Waals surface area contributed by atoms with E-state index in [0.717, 1.165) is 25.7 Å². The molecule has 4 nitrogen and oxygen atoms in total. The highest BCUT2D eigenvalue weighted by Crippen LogP contribution is 2.18. The molecule has 0 aliphatic rings. The van der Waals surface area contributed by atoms with Crippen molar-refractivity contribution in [1.29, 1.82) is 0 Å². The third kappa shape index (κ3) is 4.35. The molecule has 0 radical (unpaired) electrons. The zero-order chi connectivity index (χ0) is 13.5. The second-order valence-electron chi connectivity index (χ2n) is 4.66. The van der Waals surface area contributed by atoms with E-state index in [4.69, 9.17) is 4.74 Å². The molecule has 4 heteroatoms. The highest BCUT2D eigenvalue weighted by Gasteiger charge is 2.20. The zero-order valence-corrected chi connectivity index (χ0v) is 11.6. The maximum atomic E-state index is 11.6.